The minimum Gasteiger partial charge on any atom is -0.394 e. The van der Waals surface area contributed by atoms with E-state index < -0.39 is 10.0 Å². The number of thiophene rings is 1. The number of nitrogens with zero attached hydrogens (tertiary/aromatic N) is 2. The van der Waals surface area contributed by atoms with E-state index in [0.717, 1.165) is 11.3 Å². The van der Waals surface area contributed by atoms with Gasteiger partial charge in [-0.2, -0.15) is 5.10 Å². The van der Waals surface area contributed by atoms with Gasteiger partial charge in [-0.15, -0.1) is 11.3 Å². The molecule has 6 nitrogen and oxygen atoms in total. The van der Waals surface area contributed by atoms with E-state index in [1.54, 1.807) is 18.5 Å². The van der Waals surface area contributed by atoms with Gasteiger partial charge in [0.05, 0.1) is 11.9 Å². The van der Waals surface area contributed by atoms with E-state index in [1.807, 2.05) is 0 Å². The standard InChI is InChI=1S/C8H10N4O2S2/c1-12-8(6(9)5-10-12)11-16(13,14)7-3-2-4-15-7/h2-5,11H,9H2,1H3. The topological polar surface area (TPSA) is 90.0 Å². The maximum absolute atomic E-state index is 11.9. The van der Waals surface area contributed by atoms with Crippen LogP contribution in [0.5, 0.6) is 0 Å². The Morgan fingerprint density at radius 3 is 2.81 bits per heavy atom. The normalized spacial score (nSPS) is 11.6. The van der Waals surface area contributed by atoms with Crippen molar-refractivity contribution in [1.29, 1.82) is 0 Å². The maximum Gasteiger partial charge on any atom is 0.272 e. The molecule has 2 aromatic heterocycles. The van der Waals surface area contributed by atoms with E-state index in [1.165, 1.54) is 16.9 Å². The highest BCUT2D eigenvalue weighted by Crippen LogP contribution is 2.23. The van der Waals surface area contributed by atoms with E-state index in [4.69, 9.17) is 5.73 Å². The third-order valence-electron chi connectivity index (χ3n) is 1.96. The molecule has 2 aromatic rings. The third kappa shape index (κ3) is 1.89. The zero-order valence-corrected chi connectivity index (χ0v) is 10.0. The van der Waals surface area contributed by atoms with Gasteiger partial charge in [0, 0.05) is 7.05 Å². The average molecular weight is 258 g/mol. The molecule has 0 saturated heterocycles. The van der Waals surface area contributed by atoms with Crippen LogP contribution in [0.1, 0.15) is 0 Å². The van der Waals surface area contributed by atoms with Crippen LogP contribution in [0.3, 0.4) is 0 Å². The molecule has 0 bridgehead atoms. The number of aryl methyl sites for hydroxylation is 1. The second-order valence-electron chi connectivity index (χ2n) is 3.11. The summed E-state index contributed by atoms with van der Waals surface area (Å²) in [5.41, 5.74) is 5.89. The highest BCUT2D eigenvalue weighted by Gasteiger charge is 2.18. The van der Waals surface area contributed by atoms with Gasteiger partial charge in [-0.1, -0.05) is 6.07 Å². The first-order valence-corrected chi connectivity index (χ1v) is 6.71. The van der Waals surface area contributed by atoms with Crippen LogP contribution in [-0.4, -0.2) is 18.2 Å². The molecule has 86 valence electrons. The first-order valence-electron chi connectivity index (χ1n) is 4.34. The number of nitrogens with one attached hydrogen (secondary N) is 1. The lowest BCUT2D eigenvalue weighted by Gasteiger charge is -2.06. The molecule has 0 aliphatic rings. The fraction of sp³-hybridized carbons (Fsp3) is 0.125. The fourth-order valence-electron chi connectivity index (χ4n) is 1.17. The van der Waals surface area contributed by atoms with Gasteiger partial charge >= 0.3 is 0 Å². The predicted molar refractivity (Wildman–Crippen MR) is 62.7 cm³/mol. The smallest absolute Gasteiger partial charge is 0.272 e. The number of anilines is 2. The zero-order chi connectivity index (χ0) is 11.8. The second kappa shape index (κ2) is 3.80. The fourth-order valence-corrected chi connectivity index (χ4v) is 3.28. The quantitative estimate of drug-likeness (QED) is 0.854. The zero-order valence-electron chi connectivity index (χ0n) is 8.41. The third-order valence-corrected chi connectivity index (χ3v) is 4.69. The van der Waals surface area contributed by atoms with Crippen molar-refractivity contribution in [2.24, 2.45) is 7.05 Å². The SMILES string of the molecule is Cn1ncc(N)c1NS(=O)(=O)c1cccs1. The number of aromatic nitrogens is 2. The van der Waals surface area contributed by atoms with Crippen LogP contribution in [-0.2, 0) is 17.1 Å². The van der Waals surface area contributed by atoms with Gasteiger partial charge < -0.3 is 5.73 Å². The molecule has 16 heavy (non-hydrogen) atoms. The Balaban J connectivity index is 2.36. The summed E-state index contributed by atoms with van der Waals surface area (Å²) in [7, 11) is -1.94. The Morgan fingerprint density at radius 2 is 2.31 bits per heavy atom. The molecule has 0 aliphatic carbocycles. The summed E-state index contributed by atoms with van der Waals surface area (Å²) >= 11 is 1.14. The van der Waals surface area contributed by atoms with Crippen LogP contribution in [0.15, 0.2) is 27.9 Å². The molecule has 0 unspecified atom stereocenters. The van der Waals surface area contributed by atoms with Gasteiger partial charge in [-0.25, -0.2) is 8.42 Å². The molecule has 2 heterocycles. The molecule has 0 amide bonds. The highest BCUT2D eigenvalue weighted by molar-refractivity contribution is 7.94. The Hall–Kier alpha value is -1.54. The Morgan fingerprint density at radius 1 is 1.56 bits per heavy atom. The van der Waals surface area contributed by atoms with Crippen molar-refractivity contribution >= 4 is 32.9 Å². The summed E-state index contributed by atoms with van der Waals surface area (Å²) in [4.78, 5) is 0. The molecule has 0 radical (unpaired) electrons. The number of nitrogens with two attached hydrogens (primary N) is 1. The van der Waals surface area contributed by atoms with E-state index in [-0.39, 0.29) is 10.0 Å². The Labute approximate surface area is 96.8 Å². The second-order valence-corrected chi connectivity index (χ2v) is 5.97. The van der Waals surface area contributed by atoms with Crippen molar-refractivity contribution in [3.05, 3.63) is 23.7 Å². The van der Waals surface area contributed by atoms with E-state index in [2.05, 4.69) is 9.82 Å². The van der Waals surface area contributed by atoms with E-state index >= 15 is 0 Å². The molecule has 0 fully saturated rings. The minimum atomic E-state index is -3.56. The van der Waals surface area contributed by atoms with Crippen LogP contribution in [0.25, 0.3) is 0 Å². The van der Waals surface area contributed by atoms with Crippen molar-refractivity contribution in [2.75, 3.05) is 10.5 Å². The largest absolute Gasteiger partial charge is 0.394 e. The molecule has 0 spiro atoms. The summed E-state index contributed by atoms with van der Waals surface area (Å²) in [6.07, 6.45) is 1.40. The molecule has 0 aromatic carbocycles. The average Bonchev–Trinajstić information content (AvgIpc) is 2.83. The van der Waals surface area contributed by atoms with Gasteiger partial charge in [0.2, 0.25) is 0 Å². The number of hydrogen-bond acceptors (Lipinski definition) is 5. The van der Waals surface area contributed by atoms with Gasteiger partial charge in [0.15, 0.2) is 5.82 Å². The van der Waals surface area contributed by atoms with Crippen molar-refractivity contribution in [3.63, 3.8) is 0 Å². The summed E-state index contributed by atoms with van der Waals surface area (Å²) < 4.78 is 27.7. The molecule has 3 N–H and O–H groups in total. The lowest BCUT2D eigenvalue weighted by atomic mass is 10.5. The van der Waals surface area contributed by atoms with Gasteiger partial charge in [-0.3, -0.25) is 9.40 Å². The first kappa shape index (κ1) is 11.0. The number of hydrogen-bond donors (Lipinski definition) is 2. The van der Waals surface area contributed by atoms with E-state index in [9.17, 15) is 8.42 Å². The van der Waals surface area contributed by atoms with Crippen molar-refractivity contribution < 1.29 is 8.42 Å². The number of rotatable bonds is 3. The van der Waals surface area contributed by atoms with Crippen molar-refractivity contribution in [2.45, 2.75) is 4.21 Å². The summed E-state index contributed by atoms with van der Waals surface area (Å²) in [5.74, 6) is 0.272. The lowest BCUT2D eigenvalue weighted by molar-refractivity contribution is 0.602. The molecular formula is C8H10N4O2S2. The van der Waals surface area contributed by atoms with Crippen molar-refractivity contribution in [3.8, 4) is 0 Å². The van der Waals surface area contributed by atoms with Gasteiger partial charge in [0.1, 0.15) is 4.21 Å². The molecule has 8 heteroatoms. The molecular weight excluding hydrogens is 248 g/mol. The van der Waals surface area contributed by atoms with Crippen LogP contribution in [0, 0.1) is 0 Å². The van der Waals surface area contributed by atoms with Crippen LogP contribution in [0.2, 0.25) is 0 Å². The maximum atomic E-state index is 11.9. The van der Waals surface area contributed by atoms with Crippen molar-refractivity contribution in [1.82, 2.24) is 9.78 Å². The summed E-state index contributed by atoms with van der Waals surface area (Å²) in [5, 5.41) is 5.55. The lowest BCUT2D eigenvalue weighted by Crippen LogP contribution is -2.15. The van der Waals surface area contributed by atoms with Crippen LogP contribution >= 0.6 is 11.3 Å². The molecule has 2 rings (SSSR count). The van der Waals surface area contributed by atoms with Gasteiger partial charge in [-0.05, 0) is 11.4 Å². The summed E-state index contributed by atoms with van der Waals surface area (Å²) in [6.45, 7) is 0. The molecule has 0 aliphatic heterocycles. The molecule has 0 atom stereocenters. The first-order chi connectivity index (χ1) is 7.50. The number of sulfonamides is 1. The van der Waals surface area contributed by atoms with Crippen LogP contribution in [0.4, 0.5) is 11.5 Å². The highest BCUT2D eigenvalue weighted by atomic mass is 32.2. The van der Waals surface area contributed by atoms with Crippen LogP contribution < -0.4 is 10.5 Å². The van der Waals surface area contributed by atoms with Gasteiger partial charge in [0.25, 0.3) is 10.0 Å². The monoisotopic (exact) mass is 258 g/mol. The number of nitrogen functional groups attached to an aromatic ring is 1. The summed E-state index contributed by atoms with van der Waals surface area (Å²) in [6, 6.07) is 3.20. The molecule has 0 saturated carbocycles. The Bertz CT molecular complexity index is 566. The predicted octanol–water partition coefficient (Wildman–Crippen LogP) is 0.865. The van der Waals surface area contributed by atoms with E-state index in [0.29, 0.717) is 5.69 Å². The minimum absolute atomic E-state index is 0.244. The Kier molecular flexibility index (Phi) is 2.60.